The van der Waals surface area contributed by atoms with E-state index >= 15 is 0 Å². The number of benzene rings is 2. The Morgan fingerprint density at radius 2 is 1.53 bits per heavy atom. The minimum absolute atomic E-state index is 0.132. The predicted molar refractivity (Wildman–Crippen MR) is 71.7 cm³/mol. The molecule has 1 nitrogen and oxygen atoms in total. The Morgan fingerprint density at radius 3 is 2.00 bits per heavy atom. The molecule has 0 spiro atoms. The Balaban J connectivity index is 0.000000171. The fraction of sp³-hybridized carbons (Fsp3) is 0.200. The van der Waals surface area contributed by atoms with Crippen molar-refractivity contribution in [2.24, 2.45) is 0 Å². The summed E-state index contributed by atoms with van der Waals surface area (Å²) < 4.78 is 12.3. The van der Waals surface area contributed by atoms with Gasteiger partial charge in [-0.25, -0.2) is 4.39 Å². The molecule has 17 heavy (non-hydrogen) atoms. The largest absolute Gasteiger partial charge is 0.385 e. The molecule has 0 unspecified atom stereocenters. The maximum atomic E-state index is 12.3. The van der Waals surface area contributed by atoms with Crippen molar-refractivity contribution in [2.45, 2.75) is 13.8 Å². The van der Waals surface area contributed by atoms with Crippen molar-refractivity contribution >= 4 is 5.69 Å². The predicted octanol–water partition coefficient (Wildman–Crippen LogP) is 4.25. The summed E-state index contributed by atoms with van der Waals surface area (Å²) in [5.41, 5.74) is 1.90. The van der Waals surface area contributed by atoms with Crippen molar-refractivity contribution in [3.63, 3.8) is 0 Å². The SMILES string of the molecule is CCNc1ccccc1.Cc1ccccc1F. The van der Waals surface area contributed by atoms with Crippen LogP contribution in [0, 0.1) is 12.7 Å². The first kappa shape index (κ1) is 13.2. The third-order valence-corrected chi connectivity index (χ3v) is 2.23. The molecule has 0 atom stereocenters. The summed E-state index contributed by atoms with van der Waals surface area (Å²) in [7, 11) is 0. The van der Waals surface area contributed by atoms with Gasteiger partial charge in [0.15, 0.2) is 0 Å². The van der Waals surface area contributed by atoms with E-state index in [0.29, 0.717) is 5.56 Å². The average Bonchev–Trinajstić information content (AvgIpc) is 2.36. The number of nitrogens with one attached hydrogen (secondary N) is 1. The highest BCUT2D eigenvalue weighted by molar-refractivity contribution is 5.41. The van der Waals surface area contributed by atoms with Crippen molar-refractivity contribution in [3.05, 3.63) is 66.0 Å². The molecule has 1 N–H and O–H groups in total. The van der Waals surface area contributed by atoms with E-state index in [2.05, 4.69) is 24.4 Å². The van der Waals surface area contributed by atoms with E-state index in [1.54, 1.807) is 19.1 Å². The maximum Gasteiger partial charge on any atom is 0.126 e. The van der Waals surface area contributed by atoms with Crippen molar-refractivity contribution in [2.75, 3.05) is 11.9 Å². The van der Waals surface area contributed by atoms with Crippen LogP contribution in [0.2, 0.25) is 0 Å². The molecule has 0 saturated carbocycles. The summed E-state index contributed by atoms with van der Waals surface area (Å²) >= 11 is 0. The second-order valence-electron chi connectivity index (χ2n) is 3.65. The van der Waals surface area contributed by atoms with E-state index in [1.165, 1.54) is 11.8 Å². The van der Waals surface area contributed by atoms with E-state index in [9.17, 15) is 4.39 Å². The van der Waals surface area contributed by atoms with Gasteiger partial charge >= 0.3 is 0 Å². The molecule has 0 aliphatic rings. The molecule has 0 aromatic heterocycles. The lowest BCUT2D eigenvalue weighted by Crippen LogP contribution is -1.94. The second-order valence-corrected chi connectivity index (χ2v) is 3.65. The Morgan fingerprint density at radius 1 is 0.941 bits per heavy atom. The summed E-state index contributed by atoms with van der Waals surface area (Å²) in [4.78, 5) is 0. The summed E-state index contributed by atoms with van der Waals surface area (Å²) in [5.74, 6) is -0.132. The van der Waals surface area contributed by atoms with Crippen LogP contribution in [0.15, 0.2) is 54.6 Å². The molecule has 0 aliphatic carbocycles. The smallest absolute Gasteiger partial charge is 0.126 e. The highest BCUT2D eigenvalue weighted by Crippen LogP contribution is 2.03. The molecule has 0 heterocycles. The normalized spacial score (nSPS) is 9.12. The number of anilines is 1. The van der Waals surface area contributed by atoms with Crippen molar-refractivity contribution in [1.82, 2.24) is 0 Å². The van der Waals surface area contributed by atoms with Gasteiger partial charge in [-0.3, -0.25) is 0 Å². The number of rotatable bonds is 2. The minimum Gasteiger partial charge on any atom is -0.385 e. The standard InChI is InChI=1S/C8H11N.C7H7F/c1-2-9-8-6-4-3-5-7-8;1-6-4-2-3-5-7(6)8/h3-7,9H,2H2,1H3;2-5H,1H3. The first-order valence-electron chi connectivity index (χ1n) is 5.74. The van der Waals surface area contributed by atoms with Gasteiger partial charge in [-0.05, 0) is 37.6 Å². The Kier molecular flexibility index (Phi) is 5.80. The Labute approximate surface area is 102 Å². The maximum absolute atomic E-state index is 12.3. The topological polar surface area (TPSA) is 12.0 Å². The van der Waals surface area contributed by atoms with Gasteiger partial charge in [-0.1, -0.05) is 36.4 Å². The average molecular weight is 231 g/mol. The molecular formula is C15H18FN. The van der Waals surface area contributed by atoms with Crippen LogP contribution in [0.5, 0.6) is 0 Å². The van der Waals surface area contributed by atoms with Crippen LogP contribution in [0.4, 0.5) is 10.1 Å². The van der Waals surface area contributed by atoms with Gasteiger partial charge < -0.3 is 5.32 Å². The molecule has 2 heteroatoms. The van der Waals surface area contributed by atoms with Gasteiger partial charge in [-0.15, -0.1) is 0 Å². The quantitative estimate of drug-likeness (QED) is 0.814. The molecule has 0 amide bonds. The molecule has 0 saturated heterocycles. The van der Waals surface area contributed by atoms with E-state index in [-0.39, 0.29) is 5.82 Å². The fourth-order valence-corrected chi connectivity index (χ4v) is 1.31. The third kappa shape index (κ3) is 5.16. The molecule has 2 aromatic rings. The van der Waals surface area contributed by atoms with E-state index < -0.39 is 0 Å². The molecule has 0 aliphatic heterocycles. The first-order valence-corrected chi connectivity index (χ1v) is 5.74. The van der Waals surface area contributed by atoms with Crippen LogP contribution >= 0.6 is 0 Å². The highest BCUT2D eigenvalue weighted by atomic mass is 19.1. The number of aryl methyl sites for hydroxylation is 1. The van der Waals surface area contributed by atoms with Crippen LogP contribution in [0.3, 0.4) is 0 Å². The Bertz CT molecular complexity index is 405. The zero-order valence-electron chi connectivity index (χ0n) is 10.3. The number of para-hydroxylation sites is 1. The Hall–Kier alpha value is -1.83. The summed E-state index contributed by atoms with van der Waals surface area (Å²) in [6.07, 6.45) is 0. The number of hydrogen-bond acceptors (Lipinski definition) is 1. The van der Waals surface area contributed by atoms with Gasteiger partial charge in [0.1, 0.15) is 5.82 Å². The van der Waals surface area contributed by atoms with Gasteiger partial charge in [0, 0.05) is 12.2 Å². The van der Waals surface area contributed by atoms with Crippen LogP contribution in [-0.4, -0.2) is 6.54 Å². The van der Waals surface area contributed by atoms with Gasteiger partial charge in [0.2, 0.25) is 0 Å². The third-order valence-electron chi connectivity index (χ3n) is 2.23. The summed E-state index contributed by atoms with van der Waals surface area (Å²) in [6, 6.07) is 16.9. The lowest BCUT2D eigenvalue weighted by atomic mass is 10.2. The number of hydrogen-bond donors (Lipinski definition) is 1. The van der Waals surface area contributed by atoms with Crippen LogP contribution in [0.1, 0.15) is 12.5 Å². The second kappa shape index (κ2) is 7.44. The van der Waals surface area contributed by atoms with Crippen molar-refractivity contribution < 1.29 is 4.39 Å². The van der Waals surface area contributed by atoms with Crippen LogP contribution in [0.25, 0.3) is 0 Å². The summed E-state index contributed by atoms with van der Waals surface area (Å²) in [5, 5.41) is 3.21. The van der Waals surface area contributed by atoms with Crippen molar-refractivity contribution in [1.29, 1.82) is 0 Å². The zero-order chi connectivity index (χ0) is 12.5. The lowest BCUT2D eigenvalue weighted by molar-refractivity contribution is 0.618. The lowest BCUT2D eigenvalue weighted by Gasteiger charge is -1.99. The molecule has 2 rings (SSSR count). The van der Waals surface area contributed by atoms with Gasteiger partial charge in [-0.2, -0.15) is 0 Å². The van der Waals surface area contributed by atoms with E-state index in [4.69, 9.17) is 0 Å². The van der Waals surface area contributed by atoms with Crippen LogP contribution < -0.4 is 5.32 Å². The van der Waals surface area contributed by atoms with Gasteiger partial charge in [0.25, 0.3) is 0 Å². The zero-order valence-corrected chi connectivity index (χ0v) is 10.3. The van der Waals surface area contributed by atoms with E-state index in [0.717, 1.165) is 6.54 Å². The molecular weight excluding hydrogens is 213 g/mol. The molecule has 0 bridgehead atoms. The van der Waals surface area contributed by atoms with Gasteiger partial charge in [0.05, 0.1) is 0 Å². The minimum atomic E-state index is -0.132. The van der Waals surface area contributed by atoms with Crippen LogP contribution in [-0.2, 0) is 0 Å². The fourth-order valence-electron chi connectivity index (χ4n) is 1.31. The monoisotopic (exact) mass is 231 g/mol. The highest BCUT2D eigenvalue weighted by Gasteiger charge is 1.88. The van der Waals surface area contributed by atoms with Crippen molar-refractivity contribution in [3.8, 4) is 0 Å². The molecule has 0 fully saturated rings. The molecule has 90 valence electrons. The van der Waals surface area contributed by atoms with E-state index in [1.807, 2.05) is 24.3 Å². The molecule has 2 aromatic carbocycles. The first-order chi connectivity index (χ1) is 8.24. The number of halogens is 1. The summed E-state index contributed by atoms with van der Waals surface area (Å²) in [6.45, 7) is 4.83. The molecule has 0 radical (unpaired) electrons.